The zero-order valence-corrected chi connectivity index (χ0v) is 34.6. The summed E-state index contributed by atoms with van der Waals surface area (Å²) in [5.41, 5.74) is -12.8. The van der Waals surface area contributed by atoms with Crippen LogP contribution < -0.4 is 26.4 Å². The van der Waals surface area contributed by atoms with Crippen molar-refractivity contribution in [2.24, 2.45) is 0 Å². The van der Waals surface area contributed by atoms with E-state index in [9.17, 15) is 57.5 Å². The summed E-state index contributed by atoms with van der Waals surface area (Å²) in [7, 11) is 0. The van der Waals surface area contributed by atoms with Gasteiger partial charge in [0.05, 0.1) is 12.8 Å². The number of nitrogens with zero attached hydrogens (tertiary/aromatic N) is 2. The zero-order chi connectivity index (χ0) is 51.4. The predicted octanol–water partition coefficient (Wildman–Crippen LogP) is 9.78. The molecule has 25 heteroatoms. The van der Waals surface area contributed by atoms with Crippen LogP contribution in [0.25, 0.3) is 0 Å². The average molecular weight is 1010 g/mol. The van der Waals surface area contributed by atoms with Gasteiger partial charge in [0.15, 0.2) is 82.5 Å². The molecule has 4 nitrogen and oxygen atoms in total. The monoisotopic (exact) mass is 1010 g/mol. The van der Waals surface area contributed by atoms with Crippen LogP contribution in [0.5, 0.6) is 0 Å². The minimum absolute atomic E-state index is 0.342. The molecule has 0 unspecified atom stereocenters. The van der Waals surface area contributed by atoms with E-state index in [0.29, 0.717) is 18.8 Å². The number of benzene rings is 5. The lowest BCUT2D eigenvalue weighted by Gasteiger charge is -2.44. The fraction of sp³-hybridized carbons (Fsp3) is 0.205. The van der Waals surface area contributed by atoms with Crippen LogP contribution in [0.2, 0.25) is 0 Å². The van der Waals surface area contributed by atoms with E-state index in [-0.39, 0.29) is 5.97 Å². The minimum atomic E-state index is -7.22. The fourth-order valence-corrected chi connectivity index (χ4v) is 7.43. The van der Waals surface area contributed by atoms with E-state index < -0.39 is 144 Å². The van der Waals surface area contributed by atoms with Gasteiger partial charge in [0.25, 0.3) is 0 Å². The molecule has 0 atom stereocenters. The summed E-state index contributed by atoms with van der Waals surface area (Å²) < 4.78 is 301. The third kappa shape index (κ3) is 9.81. The van der Waals surface area contributed by atoms with Crippen molar-refractivity contribution in [1.29, 1.82) is 0 Å². The summed E-state index contributed by atoms with van der Waals surface area (Å²) in [4.78, 5) is 16.2. The van der Waals surface area contributed by atoms with E-state index in [1.165, 1.54) is 31.2 Å². The molecule has 0 bridgehead atoms. The Morgan fingerprint density at radius 1 is 0.464 bits per heavy atom. The summed E-state index contributed by atoms with van der Waals surface area (Å²) in [6.07, 6.45) is 5.09. The first-order chi connectivity index (χ1) is 32.5. The van der Waals surface area contributed by atoms with E-state index in [1.54, 1.807) is 12.4 Å². The minimum Gasteiger partial charge on any atom is -0.461 e. The molecule has 0 aliphatic carbocycles. The Balaban J connectivity index is 0.000000311. The molecule has 0 aliphatic rings. The van der Waals surface area contributed by atoms with Crippen molar-refractivity contribution in [1.82, 2.24) is 4.98 Å². The van der Waals surface area contributed by atoms with Gasteiger partial charge in [-0.1, -0.05) is 69.4 Å². The standard InChI is InChI=1S/C24BF20.C20H27N2O2/c26-5-1(6(27)14(35)21(42)13(5)34)25(2-7(28)15(36)22(43)16(37)8(2)29,3-9(30)17(38)23(44)18(39)10(3)31)4-11(32)19(40)24(45)20(41)12(4)33;1-2-3-4-5-6-10-15-24-20(23)19-17-22(14-13-21-19)16-18-11-8-7-9-12-18/h;7-9,11-14,17H,2-6,10,15-16H2,1H3/q-1;+1. The van der Waals surface area contributed by atoms with Gasteiger partial charge in [0, 0.05) is 5.56 Å². The second kappa shape index (κ2) is 21.7. The number of carbonyl (C=O) groups excluding carboxylic acids is 1. The van der Waals surface area contributed by atoms with E-state index in [1.807, 2.05) is 29.0 Å². The van der Waals surface area contributed by atoms with Crippen molar-refractivity contribution >= 4 is 34.0 Å². The first-order valence-corrected chi connectivity index (χ1v) is 19.8. The Morgan fingerprint density at radius 2 is 0.783 bits per heavy atom. The maximum Gasteiger partial charge on any atom is 0.363 e. The predicted molar refractivity (Wildman–Crippen MR) is 203 cm³/mol. The lowest BCUT2D eigenvalue weighted by atomic mass is 9.12. The lowest BCUT2D eigenvalue weighted by molar-refractivity contribution is -0.689. The number of rotatable bonds is 14. The highest BCUT2D eigenvalue weighted by molar-refractivity contribution is 7.20. The Bertz CT molecular complexity index is 2540. The molecule has 368 valence electrons. The molecule has 0 aliphatic heterocycles. The molecule has 0 amide bonds. The van der Waals surface area contributed by atoms with Crippen LogP contribution in [0.1, 0.15) is 61.5 Å². The second-order valence-electron chi connectivity index (χ2n) is 14.8. The van der Waals surface area contributed by atoms with Gasteiger partial charge < -0.3 is 4.74 Å². The van der Waals surface area contributed by atoms with Crippen LogP contribution in [0.15, 0.2) is 48.9 Å². The molecular formula is C44H27BF20N2O2. The molecule has 69 heavy (non-hydrogen) atoms. The van der Waals surface area contributed by atoms with Crippen LogP contribution in [-0.4, -0.2) is 23.7 Å². The van der Waals surface area contributed by atoms with Crippen LogP contribution in [-0.2, 0) is 11.3 Å². The van der Waals surface area contributed by atoms with Crippen molar-refractivity contribution in [3.05, 3.63) is 177 Å². The molecule has 0 radical (unpaired) electrons. The zero-order valence-electron chi connectivity index (χ0n) is 34.6. The summed E-state index contributed by atoms with van der Waals surface area (Å²) >= 11 is 0. The fourth-order valence-electron chi connectivity index (χ4n) is 7.43. The van der Waals surface area contributed by atoms with Gasteiger partial charge in [-0.2, -0.15) is 4.57 Å². The highest BCUT2D eigenvalue weighted by atomic mass is 19.2. The molecular weight excluding hydrogens is 979 g/mol. The van der Waals surface area contributed by atoms with Gasteiger partial charge in [-0.15, -0.1) is 21.9 Å². The number of aromatic nitrogens is 2. The number of unbranched alkanes of at least 4 members (excludes halogenated alkanes) is 5. The smallest absolute Gasteiger partial charge is 0.363 e. The maximum absolute atomic E-state index is 15.4. The van der Waals surface area contributed by atoms with E-state index in [2.05, 4.69) is 24.0 Å². The van der Waals surface area contributed by atoms with Crippen LogP contribution in [0.3, 0.4) is 0 Å². The molecule has 5 aromatic carbocycles. The molecule has 0 saturated carbocycles. The van der Waals surface area contributed by atoms with E-state index in [0.717, 1.165) is 12.8 Å². The normalized spacial score (nSPS) is 11.5. The topological polar surface area (TPSA) is 43.1 Å². The first-order valence-electron chi connectivity index (χ1n) is 19.8. The van der Waals surface area contributed by atoms with Crippen molar-refractivity contribution in [3.8, 4) is 0 Å². The number of halogens is 20. The highest BCUT2D eigenvalue weighted by Crippen LogP contribution is 2.31. The van der Waals surface area contributed by atoms with Gasteiger partial charge in [-0.05, 0) is 6.42 Å². The Kier molecular flexibility index (Phi) is 16.8. The largest absolute Gasteiger partial charge is 0.461 e. The van der Waals surface area contributed by atoms with Gasteiger partial charge in [-0.3, -0.25) is 0 Å². The van der Waals surface area contributed by atoms with E-state index >= 15 is 35.1 Å². The number of hydrogen-bond acceptors (Lipinski definition) is 3. The number of ether oxygens (including phenoxy) is 1. The summed E-state index contributed by atoms with van der Waals surface area (Å²) in [6.45, 7) is 3.39. The van der Waals surface area contributed by atoms with Crippen LogP contribution in [0.4, 0.5) is 87.8 Å². The third-order valence-corrected chi connectivity index (χ3v) is 10.6. The molecule has 0 saturated heterocycles. The third-order valence-electron chi connectivity index (χ3n) is 10.6. The molecule has 6 aromatic rings. The van der Waals surface area contributed by atoms with Gasteiger partial charge in [-0.25, -0.2) is 97.6 Å². The SMILES string of the molecule is CCCCCCCCOC(=O)c1c[n+](Cc2ccccc2)ccn1.Fc1c(F)c(F)c([B-](c2c(F)c(F)c(F)c(F)c2F)(c2c(F)c(F)c(F)c(F)c2F)c2c(F)c(F)c(F)c(F)c2F)c(F)c1F. The van der Waals surface area contributed by atoms with Crippen LogP contribution in [0, 0.1) is 116 Å². The van der Waals surface area contributed by atoms with Crippen molar-refractivity contribution in [2.45, 2.75) is 52.0 Å². The van der Waals surface area contributed by atoms with Gasteiger partial charge >= 0.3 is 5.97 Å². The number of carbonyl (C=O) groups is 1. The highest BCUT2D eigenvalue weighted by Gasteiger charge is 2.52. The van der Waals surface area contributed by atoms with Crippen LogP contribution >= 0.6 is 0 Å². The molecule has 1 heterocycles. The first kappa shape index (κ1) is 53.3. The Hall–Kier alpha value is -6.69. The Morgan fingerprint density at radius 3 is 1.13 bits per heavy atom. The van der Waals surface area contributed by atoms with Crippen molar-refractivity contribution < 1.29 is 102 Å². The van der Waals surface area contributed by atoms with Gasteiger partial charge in [0.1, 0.15) is 52.7 Å². The second-order valence-corrected chi connectivity index (χ2v) is 14.8. The number of esters is 1. The van der Waals surface area contributed by atoms with Gasteiger partial charge in [0.2, 0.25) is 11.9 Å². The Labute approximate surface area is 375 Å². The lowest BCUT2D eigenvalue weighted by Crippen LogP contribution is -2.81. The molecule has 0 N–H and O–H groups in total. The number of hydrogen-bond donors (Lipinski definition) is 0. The molecule has 0 fully saturated rings. The van der Waals surface area contributed by atoms with Crippen molar-refractivity contribution in [3.63, 3.8) is 0 Å². The molecule has 6 rings (SSSR count). The average Bonchev–Trinajstić information content (AvgIpc) is 3.34. The summed E-state index contributed by atoms with van der Waals surface area (Å²) in [5.74, 6) is -71.7. The quantitative estimate of drug-likeness (QED) is 0.0208. The maximum atomic E-state index is 15.4. The summed E-state index contributed by atoms with van der Waals surface area (Å²) in [6, 6.07) is 10.1. The van der Waals surface area contributed by atoms with E-state index in [4.69, 9.17) is 4.74 Å². The summed E-state index contributed by atoms with van der Waals surface area (Å²) in [5, 5.41) is 0. The molecule has 0 spiro atoms. The molecule has 1 aromatic heterocycles. The van der Waals surface area contributed by atoms with Crippen molar-refractivity contribution in [2.75, 3.05) is 6.61 Å².